The quantitative estimate of drug-likeness (QED) is 0.125. The van der Waals surface area contributed by atoms with Gasteiger partial charge in [-0.2, -0.15) is 23.4 Å². The smallest absolute Gasteiger partial charge is 0.268 e. The second-order valence-corrected chi connectivity index (χ2v) is 13.5. The molecule has 2 aromatic heterocycles. The Kier molecular flexibility index (Phi) is 13.8. The van der Waals surface area contributed by atoms with Gasteiger partial charge in [0.05, 0.1) is 12.4 Å². The number of thioether (sulfide) groups is 2. The first-order chi connectivity index (χ1) is 22.1. The summed E-state index contributed by atoms with van der Waals surface area (Å²) in [4.78, 5) is 25.6. The number of aromatic amines is 1. The fourth-order valence-electron chi connectivity index (χ4n) is 4.76. The molecule has 0 aliphatic carbocycles. The van der Waals surface area contributed by atoms with Gasteiger partial charge in [0, 0.05) is 32.0 Å². The van der Waals surface area contributed by atoms with Crippen molar-refractivity contribution in [1.29, 1.82) is 0 Å². The average molecular weight is 695 g/mol. The monoisotopic (exact) mass is 694 g/mol. The normalized spacial score (nSPS) is 11.6. The van der Waals surface area contributed by atoms with Gasteiger partial charge in [-0.3, -0.25) is 9.59 Å². The van der Waals surface area contributed by atoms with Gasteiger partial charge in [-0.15, -0.1) is 23.5 Å². The molecule has 6 nitrogen and oxygen atoms in total. The van der Waals surface area contributed by atoms with E-state index in [9.17, 15) is 31.5 Å². The van der Waals surface area contributed by atoms with Gasteiger partial charge in [0.2, 0.25) is 0 Å². The van der Waals surface area contributed by atoms with Crippen LogP contribution >= 0.6 is 23.5 Å². The van der Waals surface area contributed by atoms with Crippen LogP contribution in [0.1, 0.15) is 51.7 Å². The molecule has 1 N–H and O–H groups in total. The van der Waals surface area contributed by atoms with Crippen molar-refractivity contribution in [2.75, 3.05) is 12.5 Å². The number of aromatic nitrogens is 4. The van der Waals surface area contributed by atoms with Crippen molar-refractivity contribution in [3.63, 3.8) is 0 Å². The van der Waals surface area contributed by atoms with Crippen molar-refractivity contribution >= 4 is 23.5 Å². The highest BCUT2D eigenvalue weighted by molar-refractivity contribution is 7.98. The summed E-state index contributed by atoms with van der Waals surface area (Å²) < 4.78 is 66.5. The summed E-state index contributed by atoms with van der Waals surface area (Å²) in [7, 11) is 0. The van der Waals surface area contributed by atoms with Crippen molar-refractivity contribution in [3.05, 3.63) is 92.3 Å². The van der Waals surface area contributed by atoms with Crippen molar-refractivity contribution in [2.24, 2.45) is 11.8 Å². The molecule has 0 aliphatic rings. The molecule has 0 bridgehead atoms. The third-order valence-electron chi connectivity index (χ3n) is 7.30. The molecule has 0 spiro atoms. The first-order valence-electron chi connectivity index (χ1n) is 15.0. The molecule has 4 aromatic rings. The Morgan fingerprint density at radius 3 is 1.72 bits per heavy atom. The molecule has 0 saturated carbocycles. The van der Waals surface area contributed by atoms with Crippen LogP contribution in [0.2, 0.25) is 0 Å². The third kappa shape index (κ3) is 10.8. The molecule has 0 fully saturated rings. The van der Waals surface area contributed by atoms with Gasteiger partial charge < -0.3 is 0 Å². The largest absolute Gasteiger partial charge is 0.408 e. The SMILES string of the molecule is CSc1ccc(-c2cn[nH]c(=O)c2CCC(C)C)cc1F.CSc1ccc(-c2cnn(CC(F)(F)F)c(=O)c2CCC(C)C)cc1F. The van der Waals surface area contributed by atoms with Crippen molar-refractivity contribution in [2.45, 2.75) is 75.9 Å². The van der Waals surface area contributed by atoms with Crippen LogP contribution in [0.5, 0.6) is 0 Å². The van der Waals surface area contributed by atoms with Crippen LogP contribution in [0.3, 0.4) is 0 Å². The molecule has 2 aromatic carbocycles. The number of halogens is 5. The van der Waals surface area contributed by atoms with Crippen LogP contribution in [0.4, 0.5) is 22.0 Å². The molecule has 0 unspecified atom stereocenters. The second kappa shape index (κ2) is 17.1. The molecule has 0 saturated heterocycles. The van der Waals surface area contributed by atoms with E-state index in [-0.39, 0.29) is 22.9 Å². The Balaban J connectivity index is 0.000000261. The van der Waals surface area contributed by atoms with Gasteiger partial charge in [0.15, 0.2) is 0 Å². The highest BCUT2D eigenvalue weighted by atomic mass is 32.2. The van der Waals surface area contributed by atoms with Crippen LogP contribution in [-0.2, 0) is 19.4 Å². The van der Waals surface area contributed by atoms with Crippen molar-refractivity contribution in [3.8, 4) is 22.3 Å². The van der Waals surface area contributed by atoms with E-state index in [1.807, 2.05) is 26.2 Å². The van der Waals surface area contributed by atoms with Crippen LogP contribution in [0.25, 0.3) is 22.3 Å². The average Bonchev–Trinajstić information content (AvgIpc) is 3.00. The topological polar surface area (TPSA) is 80.6 Å². The Morgan fingerprint density at radius 2 is 1.28 bits per heavy atom. The third-order valence-corrected chi connectivity index (χ3v) is 8.84. The lowest BCUT2D eigenvalue weighted by Gasteiger charge is -2.15. The molecule has 0 atom stereocenters. The predicted molar refractivity (Wildman–Crippen MR) is 180 cm³/mol. The van der Waals surface area contributed by atoms with Crippen LogP contribution in [0.15, 0.2) is 68.2 Å². The van der Waals surface area contributed by atoms with E-state index in [4.69, 9.17) is 0 Å². The lowest BCUT2D eigenvalue weighted by molar-refractivity contribution is -0.143. The number of alkyl halides is 3. The van der Waals surface area contributed by atoms with E-state index in [1.165, 1.54) is 41.9 Å². The van der Waals surface area contributed by atoms with E-state index in [0.29, 0.717) is 67.5 Å². The van der Waals surface area contributed by atoms with Gasteiger partial charge in [0.1, 0.15) is 18.2 Å². The van der Waals surface area contributed by atoms with Crippen LogP contribution in [-0.4, -0.2) is 38.7 Å². The number of hydrogen-bond donors (Lipinski definition) is 1. The molecule has 13 heteroatoms. The second-order valence-electron chi connectivity index (χ2n) is 11.8. The Morgan fingerprint density at radius 1 is 0.787 bits per heavy atom. The van der Waals surface area contributed by atoms with Gasteiger partial charge in [-0.1, -0.05) is 39.8 Å². The highest BCUT2D eigenvalue weighted by Gasteiger charge is 2.30. The fourth-order valence-corrected chi connectivity index (χ4v) is 5.67. The summed E-state index contributed by atoms with van der Waals surface area (Å²) >= 11 is 2.61. The Bertz CT molecular complexity index is 1770. The molecule has 0 amide bonds. The molecule has 47 heavy (non-hydrogen) atoms. The van der Waals surface area contributed by atoms with Gasteiger partial charge in [0.25, 0.3) is 11.1 Å². The van der Waals surface area contributed by atoms with Gasteiger partial charge in [-0.25, -0.2) is 18.6 Å². The lowest BCUT2D eigenvalue weighted by atomic mass is 9.96. The number of nitrogens with zero attached hydrogens (tertiary/aromatic N) is 3. The van der Waals surface area contributed by atoms with E-state index < -0.39 is 24.1 Å². The lowest BCUT2D eigenvalue weighted by Crippen LogP contribution is -2.32. The maximum absolute atomic E-state index is 14.1. The zero-order valence-corrected chi connectivity index (χ0v) is 28.8. The maximum atomic E-state index is 14.1. The zero-order valence-electron chi connectivity index (χ0n) is 27.2. The number of hydrogen-bond acceptors (Lipinski definition) is 6. The molecule has 2 heterocycles. The Labute approximate surface area is 279 Å². The minimum absolute atomic E-state index is 0.192. The molecule has 0 aliphatic heterocycles. The number of H-pyrrole nitrogens is 1. The van der Waals surface area contributed by atoms with Gasteiger partial charge >= 0.3 is 6.18 Å². The standard InChI is InChI=1S/C18H20F4N2OS.C16H19FN2OS/c1-11(2)4-6-13-14(12-5-7-16(26-3)15(19)8-12)9-23-24(17(13)25)10-18(20,21)22;1-10(2)4-6-12-13(9-18-19-16(12)20)11-5-7-15(21-3)14(17)8-11/h5,7-9,11H,4,6,10H2,1-3H3;5,7-10H,4,6H2,1-3H3,(H,19,20). The zero-order chi connectivity index (χ0) is 34.9. The van der Waals surface area contributed by atoms with E-state index in [2.05, 4.69) is 29.1 Å². The summed E-state index contributed by atoms with van der Waals surface area (Å²) in [5, 5.41) is 9.98. The first-order valence-corrected chi connectivity index (χ1v) is 17.5. The minimum atomic E-state index is -4.54. The number of benzene rings is 2. The predicted octanol–water partition coefficient (Wildman–Crippen LogP) is 8.81. The summed E-state index contributed by atoms with van der Waals surface area (Å²) in [6.45, 7) is 6.70. The maximum Gasteiger partial charge on any atom is 0.408 e. The minimum Gasteiger partial charge on any atom is -0.268 e. The summed E-state index contributed by atoms with van der Waals surface area (Å²) in [5.41, 5.74) is 2.15. The van der Waals surface area contributed by atoms with Crippen LogP contribution < -0.4 is 11.1 Å². The van der Waals surface area contributed by atoms with Crippen LogP contribution in [0, 0.1) is 23.5 Å². The number of nitrogens with one attached hydrogen (secondary N) is 1. The Hall–Kier alpha value is -3.45. The van der Waals surface area contributed by atoms with Crippen molar-refractivity contribution < 1.29 is 22.0 Å². The molecule has 4 rings (SSSR count). The van der Waals surface area contributed by atoms with Crippen molar-refractivity contribution in [1.82, 2.24) is 20.0 Å². The van der Waals surface area contributed by atoms with E-state index >= 15 is 0 Å². The molecular formula is C34H39F5N4O2S2. The van der Waals surface area contributed by atoms with E-state index in [0.717, 1.165) is 6.42 Å². The molecule has 0 radical (unpaired) electrons. The van der Waals surface area contributed by atoms with E-state index in [1.54, 1.807) is 30.7 Å². The molecule has 254 valence electrons. The fraction of sp³-hybridized carbons (Fsp3) is 0.412. The summed E-state index contributed by atoms with van der Waals surface area (Å²) in [6, 6.07) is 9.57. The first kappa shape index (κ1) is 38.0. The highest BCUT2D eigenvalue weighted by Crippen LogP contribution is 2.29. The summed E-state index contributed by atoms with van der Waals surface area (Å²) in [5.74, 6) is 0.0578. The van der Waals surface area contributed by atoms with Gasteiger partial charge in [-0.05, 0) is 85.4 Å². The molecular weight excluding hydrogens is 656 g/mol. The number of rotatable bonds is 11. The summed E-state index contributed by atoms with van der Waals surface area (Å²) in [6.07, 6.45) is 4.36.